The fourth-order valence-electron chi connectivity index (χ4n) is 1.99. The lowest BCUT2D eigenvalue weighted by atomic mass is 10.2. The predicted octanol–water partition coefficient (Wildman–Crippen LogP) is 0.532. The van der Waals surface area contributed by atoms with Crippen molar-refractivity contribution < 1.29 is 9.53 Å². The van der Waals surface area contributed by atoms with E-state index in [0.717, 1.165) is 26.3 Å². The maximum absolute atomic E-state index is 11.8. The standard InChI is InChI=1S/C13H19N3O2/c1-11(16-6-8-18-9-7-16)10-15-13(17)12-2-4-14-5-3-12/h2-5,11H,6-10H2,1H3,(H,15,17)/t11-/m0/s1. The van der Waals surface area contributed by atoms with Crippen LogP contribution in [0.5, 0.6) is 0 Å². The molecule has 1 N–H and O–H groups in total. The van der Waals surface area contributed by atoms with Crippen molar-refractivity contribution in [3.63, 3.8) is 0 Å². The second-order valence-electron chi connectivity index (χ2n) is 4.44. The molecule has 1 amide bonds. The van der Waals surface area contributed by atoms with Gasteiger partial charge in [-0.3, -0.25) is 14.7 Å². The van der Waals surface area contributed by atoms with Crippen molar-refractivity contribution >= 4 is 5.91 Å². The highest BCUT2D eigenvalue weighted by Gasteiger charge is 2.17. The Balaban J connectivity index is 1.78. The van der Waals surface area contributed by atoms with E-state index in [9.17, 15) is 4.79 Å². The number of morpholine rings is 1. The van der Waals surface area contributed by atoms with E-state index in [1.165, 1.54) is 0 Å². The number of carbonyl (C=O) groups excluding carboxylic acids is 1. The lowest BCUT2D eigenvalue weighted by Gasteiger charge is -2.32. The third-order valence-corrected chi connectivity index (χ3v) is 3.17. The van der Waals surface area contributed by atoms with Gasteiger partial charge in [0, 0.05) is 43.6 Å². The van der Waals surface area contributed by atoms with E-state index in [2.05, 4.69) is 22.1 Å². The number of pyridine rings is 1. The van der Waals surface area contributed by atoms with E-state index in [-0.39, 0.29) is 5.91 Å². The number of amides is 1. The number of nitrogens with zero attached hydrogens (tertiary/aromatic N) is 2. The minimum atomic E-state index is -0.0440. The molecule has 0 spiro atoms. The molecule has 1 aromatic heterocycles. The highest BCUT2D eigenvalue weighted by atomic mass is 16.5. The summed E-state index contributed by atoms with van der Waals surface area (Å²) in [4.78, 5) is 18.1. The van der Waals surface area contributed by atoms with Crippen molar-refractivity contribution in [1.82, 2.24) is 15.2 Å². The molecule has 0 aliphatic carbocycles. The Kier molecular flexibility index (Phi) is 4.66. The van der Waals surface area contributed by atoms with Gasteiger partial charge < -0.3 is 10.1 Å². The van der Waals surface area contributed by atoms with Crippen LogP contribution in [0.1, 0.15) is 17.3 Å². The topological polar surface area (TPSA) is 54.5 Å². The summed E-state index contributed by atoms with van der Waals surface area (Å²) in [6.07, 6.45) is 3.25. The van der Waals surface area contributed by atoms with Crippen molar-refractivity contribution in [3.8, 4) is 0 Å². The number of nitrogens with one attached hydrogen (secondary N) is 1. The molecule has 2 rings (SSSR count). The zero-order chi connectivity index (χ0) is 12.8. The summed E-state index contributed by atoms with van der Waals surface area (Å²) in [5.41, 5.74) is 0.652. The van der Waals surface area contributed by atoms with Gasteiger partial charge in [0.15, 0.2) is 0 Å². The van der Waals surface area contributed by atoms with E-state index < -0.39 is 0 Å². The molecule has 0 aromatic carbocycles. The largest absolute Gasteiger partial charge is 0.379 e. The Bertz CT molecular complexity index is 377. The molecule has 1 aromatic rings. The molecule has 1 aliphatic rings. The van der Waals surface area contributed by atoms with Crippen LogP contribution in [0, 0.1) is 0 Å². The van der Waals surface area contributed by atoms with Gasteiger partial charge >= 0.3 is 0 Å². The molecule has 0 unspecified atom stereocenters. The number of ether oxygens (including phenoxy) is 1. The van der Waals surface area contributed by atoms with Gasteiger partial charge in [0.2, 0.25) is 0 Å². The van der Waals surface area contributed by atoms with Crippen molar-refractivity contribution in [3.05, 3.63) is 30.1 Å². The first-order valence-corrected chi connectivity index (χ1v) is 6.27. The van der Waals surface area contributed by atoms with E-state index in [1.54, 1.807) is 24.5 Å². The van der Waals surface area contributed by atoms with Crippen LogP contribution in [0.3, 0.4) is 0 Å². The molecule has 0 radical (unpaired) electrons. The number of rotatable bonds is 4. The van der Waals surface area contributed by atoms with Gasteiger partial charge in [0.05, 0.1) is 13.2 Å². The molecule has 18 heavy (non-hydrogen) atoms. The number of aromatic nitrogens is 1. The Labute approximate surface area is 107 Å². The Morgan fingerprint density at radius 2 is 2.11 bits per heavy atom. The monoisotopic (exact) mass is 249 g/mol. The van der Waals surface area contributed by atoms with Gasteiger partial charge in [-0.2, -0.15) is 0 Å². The molecule has 2 heterocycles. The molecule has 0 saturated carbocycles. The van der Waals surface area contributed by atoms with Gasteiger partial charge in [-0.15, -0.1) is 0 Å². The summed E-state index contributed by atoms with van der Waals surface area (Å²) in [6, 6.07) is 3.77. The van der Waals surface area contributed by atoms with E-state index >= 15 is 0 Å². The van der Waals surface area contributed by atoms with E-state index in [1.807, 2.05) is 0 Å². The Morgan fingerprint density at radius 3 is 2.78 bits per heavy atom. The van der Waals surface area contributed by atoms with Crippen molar-refractivity contribution in [2.45, 2.75) is 13.0 Å². The lowest BCUT2D eigenvalue weighted by molar-refractivity contribution is 0.0204. The second-order valence-corrected chi connectivity index (χ2v) is 4.44. The van der Waals surface area contributed by atoms with Crippen LogP contribution in [0.25, 0.3) is 0 Å². The zero-order valence-corrected chi connectivity index (χ0v) is 10.6. The predicted molar refractivity (Wildman–Crippen MR) is 68.4 cm³/mol. The fourth-order valence-corrected chi connectivity index (χ4v) is 1.99. The van der Waals surface area contributed by atoms with Crippen LogP contribution in [-0.4, -0.2) is 54.7 Å². The van der Waals surface area contributed by atoms with Gasteiger partial charge in [-0.25, -0.2) is 0 Å². The van der Waals surface area contributed by atoms with Crippen LogP contribution in [0.2, 0.25) is 0 Å². The molecule has 5 heteroatoms. The summed E-state index contributed by atoms with van der Waals surface area (Å²) >= 11 is 0. The Hall–Kier alpha value is -1.46. The zero-order valence-electron chi connectivity index (χ0n) is 10.6. The van der Waals surface area contributed by atoms with Gasteiger partial charge in [-0.1, -0.05) is 0 Å². The Morgan fingerprint density at radius 1 is 1.44 bits per heavy atom. The molecule has 1 atom stereocenters. The SMILES string of the molecule is C[C@@H](CNC(=O)c1ccncc1)N1CCOCC1. The molecule has 0 bridgehead atoms. The number of carbonyl (C=O) groups is 1. The summed E-state index contributed by atoms with van der Waals surface area (Å²) < 4.78 is 5.31. The molecule has 1 fully saturated rings. The van der Waals surface area contributed by atoms with Gasteiger partial charge in [0.1, 0.15) is 0 Å². The van der Waals surface area contributed by atoms with E-state index in [4.69, 9.17) is 4.74 Å². The smallest absolute Gasteiger partial charge is 0.251 e. The fraction of sp³-hybridized carbons (Fsp3) is 0.538. The first-order valence-electron chi connectivity index (χ1n) is 6.27. The maximum atomic E-state index is 11.8. The summed E-state index contributed by atoms with van der Waals surface area (Å²) in [6.45, 7) is 6.21. The third-order valence-electron chi connectivity index (χ3n) is 3.17. The molecule has 5 nitrogen and oxygen atoms in total. The first-order chi connectivity index (χ1) is 8.77. The second kappa shape index (κ2) is 6.47. The molecule has 98 valence electrons. The van der Waals surface area contributed by atoms with Crippen LogP contribution in [0.4, 0.5) is 0 Å². The average molecular weight is 249 g/mol. The van der Waals surface area contributed by atoms with Crippen LogP contribution in [-0.2, 0) is 4.74 Å². The minimum absolute atomic E-state index is 0.0440. The van der Waals surface area contributed by atoms with Crippen molar-refractivity contribution in [1.29, 1.82) is 0 Å². The van der Waals surface area contributed by atoms with Crippen LogP contribution < -0.4 is 5.32 Å². The van der Waals surface area contributed by atoms with Crippen LogP contribution >= 0.6 is 0 Å². The van der Waals surface area contributed by atoms with Gasteiger partial charge in [0.25, 0.3) is 5.91 Å². The van der Waals surface area contributed by atoms with E-state index in [0.29, 0.717) is 18.2 Å². The number of hydrogen-bond donors (Lipinski definition) is 1. The molecule has 1 aliphatic heterocycles. The molecular formula is C13H19N3O2. The van der Waals surface area contributed by atoms with Crippen molar-refractivity contribution in [2.75, 3.05) is 32.8 Å². The third kappa shape index (κ3) is 3.51. The minimum Gasteiger partial charge on any atom is -0.379 e. The number of hydrogen-bond acceptors (Lipinski definition) is 4. The van der Waals surface area contributed by atoms with Gasteiger partial charge in [-0.05, 0) is 19.1 Å². The molecular weight excluding hydrogens is 230 g/mol. The summed E-state index contributed by atoms with van der Waals surface area (Å²) in [5.74, 6) is -0.0440. The normalized spacial score (nSPS) is 18.3. The first kappa shape index (κ1) is 13.0. The lowest BCUT2D eigenvalue weighted by Crippen LogP contribution is -2.47. The highest BCUT2D eigenvalue weighted by molar-refractivity contribution is 5.93. The van der Waals surface area contributed by atoms with Crippen LogP contribution in [0.15, 0.2) is 24.5 Å². The summed E-state index contributed by atoms with van der Waals surface area (Å²) in [5, 5.41) is 2.95. The summed E-state index contributed by atoms with van der Waals surface area (Å²) in [7, 11) is 0. The maximum Gasteiger partial charge on any atom is 0.251 e. The quantitative estimate of drug-likeness (QED) is 0.846. The van der Waals surface area contributed by atoms with Crippen molar-refractivity contribution in [2.24, 2.45) is 0 Å². The highest BCUT2D eigenvalue weighted by Crippen LogP contribution is 2.03. The molecule has 1 saturated heterocycles. The average Bonchev–Trinajstić information content (AvgIpc) is 2.46.